The molecule has 2 aromatic heterocycles. The molecule has 0 radical (unpaired) electrons. The lowest BCUT2D eigenvalue weighted by Gasteiger charge is -2.12. The maximum absolute atomic E-state index is 11.2. The second kappa shape index (κ2) is 5.46. The standard InChI is InChI=1S/C11H11N3O3S/c1-17-8-4-5-12-11(13-8)14-9(10(15)16)7-3-2-6-18-7/h2-6,9H,1H3,(H,15,16)(H,12,13,14). The van der Waals surface area contributed by atoms with Crippen LogP contribution in [0.4, 0.5) is 5.95 Å². The minimum atomic E-state index is -0.983. The van der Waals surface area contributed by atoms with E-state index in [9.17, 15) is 9.90 Å². The van der Waals surface area contributed by atoms with Crippen LogP contribution in [0.5, 0.6) is 5.88 Å². The number of carboxylic acid groups (broad SMARTS) is 1. The third kappa shape index (κ3) is 2.75. The maximum Gasteiger partial charge on any atom is 0.331 e. The van der Waals surface area contributed by atoms with Crippen molar-refractivity contribution in [2.75, 3.05) is 12.4 Å². The number of ether oxygens (including phenoxy) is 1. The number of hydrogen-bond acceptors (Lipinski definition) is 6. The van der Waals surface area contributed by atoms with Crippen molar-refractivity contribution >= 4 is 23.3 Å². The van der Waals surface area contributed by atoms with Crippen LogP contribution >= 0.6 is 11.3 Å². The summed E-state index contributed by atoms with van der Waals surface area (Å²) in [6, 6.07) is 4.27. The number of rotatable bonds is 5. The number of anilines is 1. The van der Waals surface area contributed by atoms with Gasteiger partial charge in [-0.2, -0.15) is 4.98 Å². The van der Waals surface area contributed by atoms with E-state index in [0.29, 0.717) is 10.8 Å². The van der Waals surface area contributed by atoms with Crippen LogP contribution in [0.15, 0.2) is 29.8 Å². The molecular formula is C11H11N3O3S. The summed E-state index contributed by atoms with van der Waals surface area (Å²) in [5.41, 5.74) is 0. The molecule has 0 fully saturated rings. The monoisotopic (exact) mass is 265 g/mol. The van der Waals surface area contributed by atoms with Crippen LogP contribution in [-0.2, 0) is 4.79 Å². The topological polar surface area (TPSA) is 84.3 Å². The first kappa shape index (κ1) is 12.3. The van der Waals surface area contributed by atoms with Crippen molar-refractivity contribution in [3.05, 3.63) is 34.7 Å². The van der Waals surface area contributed by atoms with E-state index in [-0.39, 0.29) is 5.95 Å². The summed E-state index contributed by atoms with van der Waals surface area (Å²) in [6.45, 7) is 0. The molecule has 7 heteroatoms. The second-order valence-electron chi connectivity index (χ2n) is 3.35. The molecule has 2 heterocycles. The Kier molecular flexibility index (Phi) is 3.73. The summed E-state index contributed by atoms with van der Waals surface area (Å²) >= 11 is 1.36. The zero-order chi connectivity index (χ0) is 13.0. The van der Waals surface area contributed by atoms with Gasteiger partial charge in [-0.3, -0.25) is 0 Å². The lowest BCUT2D eigenvalue weighted by Crippen LogP contribution is -2.20. The molecule has 0 aliphatic rings. The third-order valence-electron chi connectivity index (χ3n) is 2.19. The summed E-state index contributed by atoms with van der Waals surface area (Å²) < 4.78 is 4.95. The van der Waals surface area contributed by atoms with Crippen molar-refractivity contribution in [2.24, 2.45) is 0 Å². The smallest absolute Gasteiger partial charge is 0.331 e. The highest BCUT2D eigenvalue weighted by Gasteiger charge is 2.21. The Morgan fingerprint density at radius 3 is 3.00 bits per heavy atom. The normalized spacial score (nSPS) is 11.8. The number of carbonyl (C=O) groups is 1. The number of aromatic nitrogens is 2. The van der Waals surface area contributed by atoms with Gasteiger partial charge in [0.25, 0.3) is 0 Å². The van der Waals surface area contributed by atoms with Gasteiger partial charge in [0.15, 0.2) is 6.04 Å². The van der Waals surface area contributed by atoms with Gasteiger partial charge in [0, 0.05) is 17.1 Å². The Hall–Kier alpha value is -2.15. The van der Waals surface area contributed by atoms with E-state index in [4.69, 9.17) is 4.74 Å². The van der Waals surface area contributed by atoms with Gasteiger partial charge in [0.2, 0.25) is 11.8 Å². The molecule has 0 spiro atoms. The van der Waals surface area contributed by atoms with Crippen molar-refractivity contribution < 1.29 is 14.6 Å². The first-order chi connectivity index (χ1) is 8.70. The fourth-order valence-corrected chi connectivity index (χ4v) is 2.13. The zero-order valence-corrected chi connectivity index (χ0v) is 10.3. The number of methoxy groups -OCH3 is 1. The highest BCUT2D eigenvalue weighted by molar-refractivity contribution is 7.10. The van der Waals surface area contributed by atoms with Crippen molar-refractivity contribution in [2.45, 2.75) is 6.04 Å². The van der Waals surface area contributed by atoms with Crippen molar-refractivity contribution in [3.8, 4) is 5.88 Å². The molecule has 1 atom stereocenters. The summed E-state index contributed by atoms with van der Waals surface area (Å²) in [5.74, 6) is -0.387. The molecule has 0 saturated heterocycles. The average Bonchev–Trinajstić information content (AvgIpc) is 2.89. The number of carboxylic acids is 1. The van der Waals surface area contributed by atoms with Gasteiger partial charge in [-0.1, -0.05) is 6.07 Å². The van der Waals surface area contributed by atoms with Crippen LogP contribution in [0.3, 0.4) is 0 Å². The molecule has 0 bridgehead atoms. The minimum Gasteiger partial charge on any atom is -0.481 e. The lowest BCUT2D eigenvalue weighted by atomic mass is 10.2. The highest BCUT2D eigenvalue weighted by Crippen LogP contribution is 2.22. The molecule has 0 amide bonds. The highest BCUT2D eigenvalue weighted by atomic mass is 32.1. The molecule has 2 aromatic rings. The number of aliphatic carboxylic acids is 1. The van der Waals surface area contributed by atoms with Gasteiger partial charge in [-0.05, 0) is 11.4 Å². The summed E-state index contributed by atoms with van der Waals surface area (Å²) in [4.78, 5) is 19.9. The van der Waals surface area contributed by atoms with Gasteiger partial charge in [-0.25, -0.2) is 9.78 Å². The summed E-state index contributed by atoms with van der Waals surface area (Å²) in [5, 5.41) is 13.8. The predicted molar refractivity (Wildman–Crippen MR) is 66.9 cm³/mol. The molecule has 0 aliphatic heterocycles. The Balaban J connectivity index is 2.21. The van der Waals surface area contributed by atoms with E-state index in [2.05, 4.69) is 15.3 Å². The average molecular weight is 265 g/mol. The van der Waals surface area contributed by atoms with Crippen LogP contribution in [0.1, 0.15) is 10.9 Å². The predicted octanol–water partition coefficient (Wildman–Crippen LogP) is 1.78. The van der Waals surface area contributed by atoms with E-state index < -0.39 is 12.0 Å². The summed E-state index contributed by atoms with van der Waals surface area (Å²) in [7, 11) is 1.49. The van der Waals surface area contributed by atoms with E-state index in [0.717, 1.165) is 0 Å². The molecule has 94 valence electrons. The van der Waals surface area contributed by atoms with Gasteiger partial charge >= 0.3 is 5.97 Å². The largest absolute Gasteiger partial charge is 0.481 e. The molecular weight excluding hydrogens is 254 g/mol. The fourth-order valence-electron chi connectivity index (χ4n) is 1.36. The van der Waals surface area contributed by atoms with Crippen molar-refractivity contribution in [3.63, 3.8) is 0 Å². The fraction of sp³-hybridized carbons (Fsp3) is 0.182. The molecule has 6 nitrogen and oxygen atoms in total. The van der Waals surface area contributed by atoms with E-state index in [1.54, 1.807) is 18.2 Å². The molecule has 0 aliphatic carbocycles. The number of hydrogen-bond donors (Lipinski definition) is 2. The van der Waals surface area contributed by atoms with Gasteiger partial charge < -0.3 is 15.2 Å². The molecule has 1 unspecified atom stereocenters. The molecule has 18 heavy (non-hydrogen) atoms. The van der Waals surface area contributed by atoms with E-state index >= 15 is 0 Å². The first-order valence-corrected chi connectivity index (χ1v) is 5.98. The molecule has 2 rings (SSSR count). The molecule has 0 saturated carbocycles. The Labute approximate surface area is 107 Å². The lowest BCUT2D eigenvalue weighted by molar-refractivity contribution is -0.138. The minimum absolute atomic E-state index is 0.218. The quantitative estimate of drug-likeness (QED) is 0.857. The third-order valence-corrected chi connectivity index (χ3v) is 3.12. The van der Waals surface area contributed by atoms with Crippen LogP contribution in [0.2, 0.25) is 0 Å². The Morgan fingerprint density at radius 2 is 2.39 bits per heavy atom. The van der Waals surface area contributed by atoms with E-state index in [1.165, 1.54) is 24.6 Å². The number of nitrogens with one attached hydrogen (secondary N) is 1. The van der Waals surface area contributed by atoms with Gasteiger partial charge in [0.05, 0.1) is 7.11 Å². The first-order valence-electron chi connectivity index (χ1n) is 5.10. The Bertz CT molecular complexity index is 530. The van der Waals surface area contributed by atoms with Crippen LogP contribution < -0.4 is 10.1 Å². The number of thiophene rings is 1. The van der Waals surface area contributed by atoms with Gasteiger partial charge in [-0.15, -0.1) is 11.3 Å². The van der Waals surface area contributed by atoms with Crippen molar-refractivity contribution in [1.82, 2.24) is 9.97 Å². The zero-order valence-electron chi connectivity index (χ0n) is 9.53. The van der Waals surface area contributed by atoms with Crippen LogP contribution in [0, 0.1) is 0 Å². The van der Waals surface area contributed by atoms with Crippen molar-refractivity contribution in [1.29, 1.82) is 0 Å². The second-order valence-corrected chi connectivity index (χ2v) is 4.33. The maximum atomic E-state index is 11.2. The molecule has 0 aromatic carbocycles. The Morgan fingerprint density at radius 1 is 1.56 bits per heavy atom. The van der Waals surface area contributed by atoms with E-state index in [1.807, 2.05) is 5.38 Å². The SMILES string of the molecule is COc1ccnc(NC(C(=O)O)c2cccs2)n1. The molecule has 2 N–H and O–H groups in total. The number of nitrogens with zero attached hydrogens (tertiary/aromatic N) is 2. The van der Waals surface area contributed by atoms with Gasteiger partial charge in [0.1, 0.15) is 0 Å². The van der Waals surface area contributed by atoms with Crippen LogP contribution in [0.25, 0.3) is 0 Å². The van der Waals surface area contributed by atoms with Crippen LogP contribution in [-0.4, -0.2) is 28.2 Å². The summed E-state index contributed by atoms with van der Waals surface area (Å²) in [6.07, 6.45) is 1.50.